The first-order valence-corrected chi connectivity index (χ1v) is 6.71. The molecule has 0 aliphatic carbocycles. The predicted octanol–water partition coefficient (Wildman–Crippen LogP) is 3.54. The van der Waals surface area contributed by atoms with Gasteiger partial charge in [0.15, 0.2) is 0 Å². The number of carbonyl (C=O) groups excluding carboxylic acids is 1. The first-order chi connectivity index (χ1) is 9.78. The van der Waals surface area contributed by atoms with Gasteiger partial charge in [-0.25, -0.2) is 4.79 Å². The highest BCUT2D eigenvalue weighted by Crippen LogP contribution is 2.35. The molecule has 0 fully saturated rings. The first-order valence-electron chi connectivity index (χ1n) is 6.71. The molecule has 1 aliphatic rings. The smallest absolute Gasteiger partial charge is 0.337 e. The minimum atomic E-state index is -0.335. The standard InChI is InChI=1S/C17H16O3/c1-19-17(18)14-8-7-13-9-10-15(20-16(13)11-14)12-5-3-2-4-6-12/h2-8,11,15H,9-10H2,1H3. The SMILES string of the molecule is COC(=O)c1ccc2c(c1)OC(c1ccccc1)CC2. The zero-order valence-corrected chi connectivity index (χ0v) is 11.3. The second-order valence-electron chi connectivity index (χ2n) is 4.87. The number of aryl methyl sites for hydroxylation is 1. The number of carbonyl (C=O) groups is 1. The van der Waals surface area contributed by atoms with E-state index in [-0.39, 0.29) is 12.1 Å². The van der Waals surface area contributed by atoms with Crippen molar-refractivity contribution in [2.45, 2.75) is 18.9 Å². The maximum Gasteiger partial charge on any atom is 0.337 e. The number of methoxy groups -OCH3 is 1. The molecule has 2 aromatic carbocycles. The molecule has 2 aromatic rings. The van der Waals surface area contributed by atoms with E-state index in [1.54, 1.807) is 12.1 Å². The van der Waals surface area contributed by atoms with Crippen LogP contribution in [-0.2, 0) is 11.2 Å². The predicted molar refractivity (Wildman–Crippen MR) is 75.9 cm³/mol. The molecule has 3 heteroatoms. The van der Waals surface area contributed by atoms with E-state index in [0.29, 0.717) is 5.56 Å². The summed E-state index contributed by atoms with van der Waals surface area (Å²) in [6.07, 6.45) is 1.96. The van der Waals surface area contributed by atoms with Crippen LogP contribution in [0.3, 0.4) is 0 Å². The Morgan fingerprint density at radius 3 is 2.75 bits per heavy atom. The van der Waals surface area contributed by atoms with Gasteiger partial charge in [0.2, 0.25) is 0 Å². The molecule has 0 amide bonds. The Morgan fingerprint density at radius 2 is 2.00 bits per heavy atom. The van der Waals surface area contributed by atoms with E-state index in [1.807, 2.05) is 24.3 Å². The van der Waals surface area contributed by atoms with E-state index in [1.165, 1.54) is 12.7 Å². The van der Waals surface area contributed by atoms with Gasteiger partial charge in [0.1, 0.15) is 11.9 Å². The summed E-state index contributed by atoms with van der Waals surface area (Å²) >= 11 is 0. The molecule has 0 aromatic heterocycles. The molecule has 3 rings (SSSR count). The van der Waals surface area contributed by atoms with Crippen LogP contribution in [-0.4, -0.2) is 13.1 Å². The van der Waals surface area contributed by atoms with Gasteiger partial charge in [-0.05, 0) is 36.1 Å². The topological polar surface area (TPSA) is 35.5 Å². The van der Waals surface area contributed by atoms with Crippen molar-refractivity contribution in [3.05, 3.63) is 65.2 Å². The number of hydrogen-bond acceptors (Lipinski definition) is 3. The van der Waals surface area contributed by atoms with Crippen molar-refractivity contribution in [2.75, 3.05) is 7.11 Å². The minimum Gasteiger partial charge on any atom is -0.485 e. The van der Waals surface area contributed by atoms with Crippen molar-refractivity contribution in [1.82, 2.24) is 0 Å². The van der Waals surface area contributed by atoms with Crippen molar-refractivity contribution in [2.24, 2.45) is 0 Å². The summed E-state index contributed by atoms with van der Waals surface area (Å²) in [7, 11) is 1.38. The summed E-state index contributed by atoms with van der Waals surface area (Å²) in [5, 5.41) is 0. The third kappa shape index (κ3) is 2.39. The molecule has 1 heterocycles. The van der Waals surface area contributed by atoms with Gasteiger partial charge in [0.05, 0.1) is 12.7 Å². The Balaban J connectivity index is 1.88. The Morgan fingerprint density at radius 1 is 1.20 bits per heavy atom. The molecule has 102 valence electrons. The van der Waals surface area contributed by atoms with E-state index in [9.17, 15) is 4.79 Å². The van der Waals surface area contributed by atoms with Crippen molar-refractivity contribution in [1.29, 1.82) is 0 Å². The number of rotatable bonds is 2. The second kappa shape index (κ2) is 5.37. The molecular formula is C17H16O3. The van der Waals surface area contributed by atoms with Crippen LogP contribution in [0.15, 0.2) is 48.5 Å². The maximum atomic E-state index is 11.6. The lowest BCUT2D eigenvalue weighted by Gasteiger charge is -2.26. The molecular weight excluding hydrogens is 252 g/mol. The lowest BCUT2D eigenvalue weighted by molar-refractivity contribution is 0.0599. The van der Waals surface area contributed by atoms with Crippen LogP contribution in [0.1, 0.15) is 34.0 Å². The van der Waals surface area contributed by atoms with Gasteiger partial charge in [0, 0.05) is 0 Å². The summed E-state index contributed by atoms with van der Waals surface area (Å²) in [6, 6.07) is 15.7. The van der Waals surface area contributed by atoms with E-state index in [4.69, 9.17) is 9.47 Å². The molecule has 1 aliphatic heterocycles. The van der Waals surface area contributed by atoms with Crippen LogP contribution in [0.2, 0.25) is 0 Å². The average Bonchev–Trinajstić information content (AvgIpc) is 2.54. The highest BCUT2D eigenvalue weighted by atomic mass is 16.5. The first kappa shape index (κ1) is 12.7. The van der Waals surface area contributed by atoms with Gasteiger partial charge in [-0.15, -0.1) is 0 Å². The zero-order chi connectivity index (χ0) is 13.9. The summed E-state index contributed by atoms with van der Waals surface area (Å²) in [4.78, 5) is 11.6. The van der Waals surface area contributed by atoms with Gasteiger partial charge in [-0.1, -0.05) is 36.4 Å². The van der Waals surface area contributed by atoms with E-state index < -0.39 is 0 Å². The van der Waals surface area contributed by atoms with E-state index in [0.717, 1.165) is 24.2 Å². The Hall–Kier alpha value is -2.29. The molecule has 1 atom stereocenters. The monoisotopic (exact) mass is 268 g/mol. The highest BCUT2D eigenvalue weighted by Gasteiger charge is 2.22. The number of hydrogen-bond donors (Lipinski definition) is 0. The van der Waals surface area contributed by atoms with Gasteiger partial charge in [-0.3, -0.25) is 0 Å². The normalized spacial score (nSPS) is 16.9. The lowest BCUT2D eigenvalue weighted by atomic mass is 9.96. The second-order valence-corrected chi connectivity index (χ2v) is 4.87. The largest absolute Gasteiger partial charge is 0.485 e. The Labute approximate surface area is 118 Å². The van der Waals surface area contributed by atoms with Crippen LogP contribution < -0.4 is 4.74 Å². The van der Waals surface area contributed by atoms with E-state index >= 15 is 0 Å². The number of ether oxygens (including phenoxy) is 2. The molecule has 0 radical (unpaired) electrons. The van der Waals surface area contributed by atoms with Crippen LogP contribution in [0.25, 0.3) is 0 Å². The molecule has 0 saturated carbocycles. The molecule has 3 nitrogen and oxygen atoms in total. The van der Waals surface area contributed by atoms with Crippen molar-refractivity contribution >= 4 is 5.97 Å². The number of fused-ring (bicyclic) bond motifs is 1. The fourth-order valence-electron chi connectivity index (χ4n) is 2.52. The van der Waals surface area contributed by atoms with E-state index in [2.05, 4.69) is 12.1 Å². The summed E-state index contributed by atoms with van der Waals surface area (Å²) in [6.45, 7) is 0. The third-order valence-corrected chi connectivity index (χ3v) is 3.60. The number of benzene rings is 2. The van der Waals surface area contributed by atoms with Gasteiger partial charge in [-0.2, -0.15) is 0 Å². The summed E-state index contributed by atoms with van der Waals surface area (Å²) in [5.74, 6) is 0.450. The van der Waals surface area contributed by atoms with Gasteiger partial charge in [0.25, 0.3) is 0 Å². The van der Waals surface area contributed by atoms with Gasteiger partial charge < -0.3 is 9.47 Å². The summed E-state index contributed by atoms with van der Waals surface area (Å²) in [5.41, 5.74) is 2.84. The van der Waals surface area contributed by atoms with Crippen LogP contribution in [0.4, 0.5) is 0 Å². The average molecular weight is 268 g/mol. The quantitative estimate of drug-likeness (QED) is 0.781. The fourth-order valence-corrected chi connectivity index (χ4v) is 2.52. The summed E-state index contributed by atoms with van der Waals surface area (Å²) < 4.78 is 10.8. The molecule has 1 unspecified atom stereocenters. The number of esters is 1. The maximum absolute atomic E-state index is 11.6. The Kier molecular flexibility index (Phi) is 3.42. The third-order valence-electron chi connectivity index (χ3n) is 3.60. The molecule has 0 N–H and O–H groups in total. The molecule has 0 spiro atoms. The molecule has 20 heavy (non-hydrogen) atoms. The van der Waals surface area contributed by atoms with Crippen molar-refractivity contribution < 1.29 is 14.3 Å². The lowest BCUT2D eigenvalue weighted by Crippen LogP contribution is -2.15. The van der Waals surface area contributed by atoms with Crippen molar-refractivity contribution in [3.63, 3.8) is 0 Å². The van der Waals surface area contributed by atoms with Crippen LogP contribution >= 0.6 is 0 Å². The van der Waals surface area contributed by atoms with Crippen LogP contribution in [0.5, 0.6) is 5.75 Å². The minimum absolute atomic E-state index is 0.0524. The van der Waals surface area contributed by atoms with Crippen molar-refractivity contribution in [3.8, 4) is 5.75 Å². The fraction of sp³-hybridized carbons (Fsp3) is 0.235. The molecule has 0 saturated heterocycles. The van der Waals surface area contributed by atoms with Gasteiger partial charge >= 0.3 is 5.97 Å². The van der Waals surface area contributed by atoms with Crippen LogP contribution in [0, 0.1) is 0 Å². The Bertz CT molecular complexity index is 619. The molecule has 0 bridgehead atoms. The highest BCUT2D eigenvalue weighted by molar-refractivity contribution is 5.89. The zero-order valence-electron chi connectivity index (χ0n) is 11.3.